The maximum Gasteiger partial charge on any atom is 0.224 e. The van der Waals surface area contributed by atoms with Gasteiger partial charge in [0.25, 0.3) is 0 Å². The van der Waals surface area contributed by atoms with Crippen molar-refractivity contribution in [1.29, 1.82) is 0 Å². The monoisotopic (exact) mass is 375 g/mol. The second-order valence-corrected chi connectivity index (χ2v) is 5.42. The molecule has 0 saturated heterocycles. The highest BCUT2D eigenvalue weighted by Crippen LogP contribution is 2.21. The third-order valence-corrected chi connectivity index (χ3v) is 3.38. The van der Waals surface area contributed by atoms with E-state index in [1.807, 2.05) is 24.3 Å². The summed E-state index contributed by atoms with van der Waals surface area (Å²) in [6.07, 6.45) is 1.62. The van der Waals surface area contributed by atoms with Crippen LogP contribution in [0.25, 0.3) is 0 Å². The molecule has 0 spiro atoms. The van der Waals surface area contributed by atoms with Gasteiger partial charge in [0.15, 0.2) is 0 Å². The van der Waals surface area contributed by atoms with Gasteiger partial charge in [-0.25, -0.2) is 4.98 Å². The topological polar surface area (TPSA) is 37.8 Å². The van der Waals surface area contributed by atoms with Crippen LogP contribution in [0.1, 0.15) is 5.56 Å². The fourth-order valence-electron chi connectivity index (χ4n) is 1.26. The Kier molecular flexibility index (Phi) is 4.36. The average molecular weight is 377 g/mol. The van der Waals surface area contributed by atoms with Crippen molar-refractivity contribution < 1.29 is 0 Å². The van der Waals surface area contributed by atoms with Crippen LogP contribution in [0, 0.1) is 0 Å². The van der Waals surface area contributed by atoms with Crippen LogP contribution in [-0.4, -0.2) is 9.97 Å². The van der Waals surface area contributed by atoms with Crippen molar-refractivity contribution in [2.45, 2.75) is 6.54 Å². The first-order valence-corrected chi connectivity index (χ1v) is 6.78. The Balaban J connectivity index is 2.07. The van der Waals surface area contributed by atoms with Crippen LogP contribution in [0.15, 0.2) is 39.4 Å². The fourth-order valence-corrected chi connectivity index (χ4v) is 1.99. The van der Waals surface area contributed by atoms with E-state index >= 15 is 0 Å². The van der Waals surface area contributed by atoms with E-state index in [0.717, 1.165) is 14.5 Å². The molecule has 0 amide bonds. The lowest BCUT2D eigenvalue weighted by Crippen LogP contribution is -2.02. The van der Waals surface area contributed by atoms with Crippen molar-refractivity contribution in [3.63, 3.8) is 0 Å². The lowest BCUT2D eigenvalue weighted by atomic mass is 10.2. The van der Waals surface area contributed by atoms with Crippen LogP contribution < -0.4 is 5.32 Å². The second-order valence-electron chi connectivity index (χ2n) is 3.32. The molecular weight excluding hydrogens is 369 g/mol. The molecule has 0 aliphatic carbocycles. The molecule has 0 atom stereocenters. The van der Waals surface area contributed by atoms with Crippen molar-refractivity contribution in [3.05, 3.63) is 50.3 Å². The number of anilines is 1. The van der Waals surface area contributed by atoms with Crippen LogP contribution in [0.3, 0.4) is 0 Å². The Morgan fingerprint density at radius 1 is 1.18 bits per heavy atom. The molecule has 0 aliphatic heterocycles. The van der Waals surface area contributed by atoms with E-state index < -0.39 is 0 Å². The first-order valence-electron chi connectivity index (χ1n) is 4.81. The van der Waals surface area contributed by atoms with E-state index in [1.165, 1.54) is 0 Å². The van der Waals surface area contributed by atoms with Crippen molar-refractivity contribution in [2.75, 3.05) is 5.32 Å². The Bertz CT molecular complexity index is 517. The molecule has 1 aromatic carbocycles. The number of nitrogens with one attached hydrogen (secondary N) is 1. The van der Waals surface area contributed by atoms with E-state index in [1.54, 1.807) is 6.20 Å². The maximum atomic E-state index is 5.73. The smallest absolute Gasteiger partial charge is 0.224 e. The number of halogens is 3. The zero-order valence-electron chi connectivity index (χ0n) is 8.62. The molecule has 17 heavy (non-hydrogen) atoms. The summed E-state index contributed by atoms with van der Waals surface area (Å²) in [5.41, 5.74) is 1.16. The molecule has 0 fully saturated rings. The van der Waals surface area contributed by atoms with Crippen molar-refractivity contribution in [2.24, 2.45) is 0 Å². The lowest BCUT2D eigenvalue weighted by Gasteiger charge is -2.07. The molecule has 0 saturated carbocycles. The van der Waals surface area contributed by atoms with Crippen LogP contribution in [-0.2, 0) is 6.54 Å². The quantitative estimate of drug-likeness (QED) is 0.812. The van der Waals surface area contributed by atoms with E-state index in [9.17, 15) is 0 Å². The van der Waals surface area contributed by atoms with Gasteiger partial charge in [-0.05, 0) is 45.2 Å². The average Bonchev–Trinajstić information content (AvgIpc) is 2.32. The molecular formula is C11H8Br2ClN3. The third-order valence-electron chi connectivity index (χ3n) is 2.09. The summed E-state index contributed by atoms with van der Waals surface area (Å²) in [5, 5.41) is 3.42. The minimum atomic E-state index is 0.228. The van der Waals surface area contributed by atoms with Gasteiger partial charge in [-0.2, -0.15) is 4.98 Å². The molecule has 2 rings (SSSR count). The number of nitrogens with zero attached hydrogens (tertiary/aromatic N) is 2. The Hall–Kier alpha value is -0.650. The number of hydrogen-bond donors (Lipinski definition) is 1. The van der Waals surface area contributed by atoms with Gasteiger partial charge in [0.1, 0.15) is 5.82 Å². The minimum absolute atomic E-state index is 0.228. The molecule has 2 aromatic rings. The van der Waals surface area contributed by atoms with E-state index in [0.29, 0.717) is 12.4 Å². The highest BCUT2D eigenvalue weighted by atomic mass is 79.9. The molecule has 1 N–H and O–H groups in total. The lowest BCUT2D eigenvalue weighted by molar-refractivity contribution is 1.07. The predicted octanol–water partition coefficient (Wildman–Crippen LogP) is 4.27. The third kappa shape index (κ3) is 3.66. The summed E-state index contributed by atoms with van der Waals surface area (Å²) in [7, 11) is 0. The number of benzene rings is 1. The molecule has 0 aliphatic rings. The summed E-state index contributed by atoms with van der Waals surface area (Å²) in [6, 6.07) is 8.07. The van der Waals surface area contributed by atoms with E-state index in [4.69, 9.17) is 11.6 Å². The van der Waals surface area contributed by atoms with Crippen LogP contribution in [0.4, 0.5) is 5.82 Å². The van der Waals surface area contributed by atoms with Crippen molar-refractivity contribution >= 4 is 49.3 Å². The minimum Gasteiger partial charge on any atom is -0.365 e. The van der Waals surface area contributed by atoms with Crippen LogP contribution in [0.5, 0.6) is 0 Å². The Morgan fingerprint density at radius 2 is 1.88 bits per heavy atom. The molecule has 1 aromatic heterocycles. The number of aromatic nitrogens is 2. The first-order chi connectivity index (χ1) is 8.15. The number of hydrogen-bond acceptors (Lipinski definition) is 3. The highest BCUT2D eigenvalue weighted by Gasteiger charge is 2.03. The van der Waals surface area contributed by atoms with Gasteiger partial charge in [0.2, 0.25) is 5.28 Å². The van der Waals surface area contributed by atoms with Gasteiger partial charge >= 0.3 is 0 Å². The van der Waals surface area contributed by atoms with E-state index in [2.05, 4.69) is 47.1 Å². The predicted molar refractivity (Wildman–Crippen MR) is 76.2 cm³/mol. The fraction of sp³-hybridized carbons (Fsp3) is 0.0909. The summed E-state index contributed by atoms with van der Waals surface area (Å²) in [6.45, 7) is 0.680. The summed E-state index contributed by atoms with van der Waals surface area (Å²) in [5.74, 6) is 0.688. The first kappa shape index (κ1) is 12.8. The van der Waals surface area contributed by atoms with E-state index in [-0.39, 0.29) is 5.28 Å². The van der Waals surface area contributed by atoms with Crippen LogP contribution in [0.2, 0.25) is 5.28 Å². The second kappa shape index (κ2) is 5.80. The molecule has 0 bridgehead atoms. The SMILES string of the molecule is Clc1ncc(Br)c(NCc2ccc(Br)cc2)n1. The van der Waals surface area contributed by atoms with Crippen molar-refractivity contribution in [3.8, 4) is 0 Å². The van der Waals surface area contributed by atoms with Gasteiger partial charge in [-0.1, -0.05) is 28.1 Å². The highest BCUT2D eigenvalue weighted by molar-refractivity contribution is 9.10. The standard InChI is InChI=1S/C11H8Br2ClN3/c12-8-3-1-7(2-4-8)5-15-10-9(13)6-16-11(14)17-10/h1-4,6H,5H2,(H,15,16,17). The molecule has 3 nitrogen and oxygen atoms in total. The van der Waals surface area contributed by atoms with Gasteiger partial charge in [0.05, 0.1) is 4.47 Å². The van der Waals surface area contributed by atoms with Gasteiger partial charge in [-0.15, -0.1) is 0 Å². The zero-order valence-corrected chi connectivity index (χ0v) is 12.6. The normalized spacial score (nSPS) is 10.3. The molecule has 1 heterocycles. The zero-order chi connectivity index (χ0) is 12.3. The molecule has 0 unspecified atom stereocenters. The summed E-state index contributed by atoms with van der Waals surface area (Å²) >= 11 is 12.5. The molecule has 6 heteroatoms. The Labute approximate surface area is 121 Å². The summed E-state index contributed by atoms with van der Waals surface area (Å²) < 4.78 is 1.85. The number of rotatable bonds is 3. The van der Waals surface area contributed by atoms with Crippen LogP contribution >= 0.6 is 43.5 Å². The van der Waals surface area contributed by atoms with Gasteiger partial charge in [0, 0.05) is 17.2 Å². The van der Waals surface area contributed by atoms with Crippen molar-refractivity contribution in [1.82, 2.24) is 9.97 Å². The largest absolute Gasteiger partial charge is 0.365 e. The summed E-state index contributed by atoms with van der Waals surface area (Å²) in [4.78, 5) is 7.96. The maximum absolute atomic E-state index is 5.73. The molecule has 0 radical (unpaired) electrons. The van der Waals surface area contributed by atoms with Gasteiger partial charge in [-0.3, -0.25) is 0 Å². The molecule has 88 valence electrons. The van der Waals surface area contributed by atoms with Gasteiger partial charge < -0.3 is 5.32 Å². The Morgan fingerprint density at radius 3 is 2.59 bits per heavy atom.